The number of carbonyl (C=O) groups excluding carboxylic acids is 1. The van der Waals surface area contributed by atoms with E-state index in [2.05, 4.69) is 0 Å². The first-order valence-corrected chi connectivity index (χ1v) is 8.52. The van der Waals surface area contributed by atoms with Gasteiger partial charge < -0.3 is 9.84 Å². The third-order valence-electron chi connectivity index (χ3n) is 2.22. The molecule has 0 atom stereocenters. The number of allylic oxidation sites excluding steroid dienone is 2. The lowest BCUT2D eigenvalue weighted by molar-refractivity contribution is 0.0546. The van der Waals surface area contributed by atoms with Crippen LogP contribution in [0.25, 0.3) is 0 Å². The van der Waals surface area contributed by atoms with Crippen LogP contribution in [0.1, 0.15) is 24.2 Å². The standard InChI is InChI=1S/C13H12O3S2.C2H6/c14-8-11-6-7-12(18-17-11)9-16-13(15)10-4-2-1-3-5-10;1-2/h1-7,14H,8-9H2;1-2H3. The van der Waals surface area contributed by atoms with Crippen molar-refractivity contribution < 1.29 is 14.6 Å². The molecule has 108 valence electrons. The summed E-state index contributed by atoms with van der Waals surface area (Å²) in [5.41, 5.74) is 0.554. The van der Waals surface area contributed by atoms with E-state index in [9.17, 15) is 4.79 Å². The zero-order valence-corrected chi connectivity index (χ0v) is 13.2. The molecular formula is C15H18O3S2. The van der Waals surface area contributed by atoms with Gasteiger partial charge in [0.25, 0.3) is 0 Å². The quantitative estimate of drug-likeness (QED) is 0.672. The van der Waals surface area contributed by atoms with Crippen LogP contribution < -0.4 is 0 Å². The fourth-order valence-electron chi connectivity index (χ4n) is 1.29. The molecule has 0 saturated carbocycles. The van der Waals surface area contributed by atoms with Crippen molar-refractivity contribution in [3.63, 3.8) is 0 Å². The molecule has 1 aliphatic rings. The van der Waals surface area contributed by atoms with Crippen molar-refractivity contribution in [1.29, 1.82) is 0 Å². The van der Waals surface area contributed by atoms with Gasteiger partial charge in [-0.2, -0.15) is 0 Å². The van der Waals surface area contributed by atoms with Gasteiger partial charge in [0.2, 0.25) is 0 Å². The van der Waals surface area contributed by atoms with Crippen molar-refractivity contribution in [3.05, 3.63) is 57.9 Å². The van der Waals surface area contributed by atoms with E-state index < -0.39 is 0 Å². The molecule has 0 radical (unpaired) electrons. The molecular weight excluding hydrogens is 292 g/mol. The maximum atomic E-state index is 11.7. The summed E-state index contributed by atoms with van der Waals surface area (Å²) >= 11 is 0. The van der Waals surface area contributed by atoms with Gasteiger partial charge in [0.1, 0.15) is 6.61 Å². The molecule has 0 saturated heterocycles. The van der Waals surface area contributed by atoms with Crippen LogP contribution in [0.15, 0.2) is 52.3 Å². The molecule has 1 aliphatic heterocycles. The molecule has 20 heavy (non-hydrogen) atoms. The third kappa shape index (κ3) is 5.45. The number of aliphatic hydroxyl groups excluding tert-OH is 1. The monoisotopic (exact) mass is 310 g/mol. The van der Waals surface area contributed by atoms with Gasteiger partial charge in [-0.3, -0.25) is 0 Å². The highest BCUT2D eigenvalue weighted by Gasteiger charge is 2.11. The second kappa shape index (κ2) is 9.69. The topological polar surface area (TPSA) is 46.5 Å². The SMILES string of the molecule is CC.O=C(OCC1=CC=C(CO)SS1)c1ccccc1. The normalized spacial score (nSPS) is 13.6. The highest BCUT2D eigenvalue weighted by molar-refractivity contribution is 8.79. The molecule has 2 rings (SSSR count). The zero-order chi connectivity index (χ0) is 14.8. The Morgan fingerprint density at radius 1 is 1.10 bits per heavy atom. The average molecular weight is 310 g/mol. The minimum absolute atomic E-state index is 0.0469. The molecule has 1 aromatic carbocycles. The first-order valence-electron chi connectivity index (χ1n) is 6.37. The molecule has 0 spiro atoms. The number of hydrogen-bond acceptors (Lipinski definition) is 5. The van der Waals surface area contributed by atoms with Gasteiger partial charge in [-0.15, -0.1) is 0 Å². The summed E-state index contributed by atoms with van der Waals surface area (Å²) in [6.07, 6.45) is 3.71. The summed E-state index contributed by atoms with van der Waals surface area (Å²) in [7, 11) is 2.99. The van der Waals surface area contributed by atoms with Crippen LogP contribution in [0.3, 0.4) is 0 Å². The summed E-state index contributed by atoms with van der Waals surface area (Å²) in [4.78, 5) is 13.5. The Labute approximate surface area is 127 Å². The van der Waals surface area contributed by atoms with E-state index in [-0.39, 0.29) is 19.2 Å². The van der Waals surface area contributed by atoms with Gasteiger partial charge in [-0.25, -0.2) is 4.79 Å². The van der Waals surface area contributed by atoms with E-state index in [1.807, 2.05) is 32.1 Å². The van der Waals surface area contributed by atoms with Gasteiger partial charge in [-0.05, 0) is 24.3 Å². The molecule has 0 bridgehead atoms. The van der Waals surface area contributed by atoms with Gasteiger partial charge >= 0.3 is 5.97 Å². The highest BCUT2D eigenvalue weighted by atomic mass is 33.1. The lowest BCUT2D eigenvalue weighted by atomic mass is 10.2. The molecule has 0 fully saturated rings. The van der Waals surface area contributed by atoms with Gasteiger partial charge in [0.05, 0.1) is 12.2 Å². The number of aliphatic hydroxyl groups is 1. The van der Waals surface area contributed by atoms with Gasteiger partial charge in [0.15, 0.2) is 0 Å². The Hall–Kier alpha value is -1.17. The first-order chi connectivity index (χ1) is 9.79. The number of hydrogen-bond donors (Lipinski definition) is 1. The maximum absolute atomic E-state index is 11.7. The Balaban J connectivity index is 0.000000956. The molecule has 0 amide bonds. The molecule has 1 N–H and O–H groups in total. The smallest absolute Gasteiger partial charge is 0.338 e. The van der Waals surface area contributed by atoms with E-state index in [1.54, 1.807) is 24.3 Å². The van der Waals surface area contributed by atoms with Crippen LogP contribution >= 0.6 is 21.6 Å². The largest absolute Gasteiger partial charge is 0.457 e. The summed E-state index contributed by atoms with van der Waals surface area (Å²) in [5.74, 6) is -0.320. The number of carbonyl (C=O) groups is 1. The molecule has 0 unspecified atom stereocenters. The van der Waals surface area contributed by atoms with Crippen molar-refractivity contribution in [2.45, 2.75) is 13.8 Å². The predicted molar refractivity (Wildman–Crippen MR) is 86.5 cm³/mol. The minimum Gasteiger partial charge on any atom is -0.457 e. The van der Waals surface area contributed by atoms with E-state index in [1.165, 1.54) is 21.6 Å². The molecule has 5 heteroatoms. The van der Waals surface area contributed by atoms with Crippen molar-refractivity contribution in [3.8, 4) is 0 Å². The first kappa shape index (κ1) is 16.9. The molecule has 1 aromatic rings. The third-order valence-corrected chi connectivity index (χ3v) is 4.79. The van der Waals surface area contributed by atoms with Crippen molar-refractivity contribution >= 4 is 27.6 Å². The number of benzene rings is 1. The van der Waals surface area contributed by atoms with E-state index in [0.29, 0.717) is 5.56 Å². The number of ether oxygens (including phenoxy) is 1. The second-order valence-corrected chi connectivity index (χ2v) is 5.91. The zero-order valence-electron chi connectivity index (χ0n) is 11.5. The number of esters is 1. The fraction of sp³-hybridized carbons (Fsp3) is 0.267. The Kier molecular flexibility index (Phi) is 8.18. The Morgan fingerprint density at radius 3 is 2.25 bits per heavy atom. The molecule has 0 aromatic heterocycles. The van der Waals surface area contributed by atoms with Crippen molar-refractivity contribution in [1.82, 2.24) is 0 Å². The predicted octanol–water partition coefficient (Wildman–Crippen LogP) is 4.02. The summed E-state index contributed by atoms with van der Waals surface area (Å²) in [6.45, 7) is 4.31. The summed E-state index contributed by atoms with van der Waals surface area (Å²) < 4.78 is 5.20. The van der Waals surface area contributed by atoms with E-state index in [0.717, 1.165) is 9.81 Å². The lowest BCUT2D eigenvalue weighted by Gasteiger charge is -2.12. The molecule has 0 aliphatic carbocycles. The average Bonchev–Trinajstić information content (AvgIpc) is 2.55. The van der Waals surface area contributed by atoms with Crippen LogP contribution in [0.5, 0.6) is 0 Å². The minimum atomic E-state index is -0.320. The Bertz CT molecular complexity index is 481. The van der Waals surface area contributed by atoms with E-state index in [4.69, 9.17) is 9.84 Å². The van der Waals surface area contributed by atoms with Crippen molar-refractivity contribution in [2.24, 2.45) is 0 Å². The van der Waals surface area contributed by atoms with Crippen LogP contribution in [-0.2, 0) is 4.74 Å². The van der Waals surface area contributed by atoms with Gasteiger partial charge in [0, 0.05) is 9.81 Å². The summed E-state index contributed by atoms with van der Waals surface area (Å²) in [6, 6.07) is 8.91. The van der Waals surface area contributed by atoms with Gasteiger partial charge in [-0.1, -0.05) is 53.6 Å². The molecule has 1 heterocycles. The summed E-state index contributed by atoms with van der Waals surface area (Å²) in [5, 5.41) is 8.93. The van der Waals surface area contributed by atoms with Crippen LogP contribution in [0.2, 0.25) is 0 Å². The van der Waals surface area contributed by atoms with Crippen LogP contribution in [-0.4, -0.2) is 24.3 Å². The fourth-order valence-corrected chi connectivity index (χ4v) is 3.19. The maximum Gasteiger partial charge on any atom is 0.338 e. The van der Waals surface area contributed by atoms with Crippen molar-refractivity contribution in [2.75, 3.05) is 13.2 Å². The van der Waals surface area contributed by atoms with E-state index >= 15 is 0 Å². The Morgan fingerprint density at radius 2 is 1.70 bits per heavy atom. The number of rotatable bonds is 4. The van der Waals surface area contributed by atoms with Crippen LogP contribution in [0, 0.1) is 0 Å². The van der Waals surface area contributed by atoms with Crippen LogP contribution in [0.4, 0.5) is 0 Å². The highest BCUT2D eigenvalue weighted by Crippen LogP contribution is 2.39. The lowest BCUT2D eigenvalue weighted by Crippen LogP contribution is -2.07. The molecule has 3 nitrogen and oxygen atoms in total. The second-order valence-electron chi connectivity index (χ2n) is 3.53.